The number of amides is 1. The van der Waals surface area contributed by atoms with Gasteiger partial charge in [0.1, 0.15) is 5.82 Å². The van der Waals surface area contributed by atoms with Gasteiger partial charge in [0.05, 0.1) is 12.6 Å². The van der Waals surface area contributed by atoms with E-state index in [1.54, 1.807) is 29.1 Å². The van der Waals surface area contributed by atoms with Crippen molar-refractivity contribution in [1.82, 2.24) is 9.78 Å². The minimum absolute atomic E-state index is 0. The fourth-order valence-corrected chi connectivity index (χ4v) is 1.83. The Balaban J connectivity index is 0.00000200. The number of rotatable bonds is 4. The number of anilines is 2. The summed E-state index contributed by atoms with van der Waals surface area (Å²) in [6, 6.07) is 9.30. The first-order valence-electron chi connectivity index (χ1n) is 6.24. The minimum Gasteiger partial charge on any atom is -0.399 e. The van der Waals surface area contributed by atoms with Gasteiger partial charge in [-0.25, -0.2) is 4.68 Å². The van der Waals surface area contributed by atoms with Crippen molar-refractivity contribution in [3.63, 3.8) is 0 Å². The number of hydrogen-bond acceptors (Lipinski definition) is 3. The number of aromatic nitrogens is 2. The van der Waals surface area contributed by atoms with Crippen molar-refractivity contribution in [1.29, 1.82) is 0 Å². The molecule has 0 radical (unpaired) electrons. The molecule has 0 bridgehead atoms. The molecular formula is C14H19ClN4O. The van der Waals surface area contributed by atoms with Crippen LogP contribution in [0.15, 0.2) is 36.5 Å². The zero-order valence-electron chi connectivity index (χ0n) is 11.5. The van der Waals surface area contributed by atoms with Crippen LogP contribution >= 0.6 is 12.4 Å². The molecule has 3 N–H and O–H groups in total. The van der Waals surface area contributed by atoms with E-state index in [0.29, 0.717) is 12.1 Å². The van der Waals surface area contributed by atoms with Crippen LogP contribution in [0, 0.1) is 0 Å². The largest absolute Gasteiger partial charge is 0.399 e. The van der Waals surface area contributed by atoms with Crippen LogP contribution < -0.4 is 11.1 Å². The number of nitrogen functional groups attached to an aromatic ring is 1. The summed E-state index contributed by atoms with van der Waals surface area (Å²) in [5.74, 6) is 0.655. The van der Waals surface area contributed by atoms with Crippen LogP contribution in [0.25, 0.3) is 0 Å². The molecule has 0 spiro atoms. The molecule has 0 saturated heterocycles. The Morgan fingerprint density at radius 1 is 1.30 bits per heavy atom. The highest BCUT2D eigenvalue weighted by atomic mass is 35.5. The normalized spacial score (nSPS) is 10.2. The van der Waals surface area contributed by atoms with Gasteiger partial charge in [-0.2, -0.15) is 5.10 Å². The maximum Gasteiger partial charge on any atom is 0.229 e. The van der Waals surface area contributed by atoms with Crippen LogP contribution in [0.1, 0.15) is 25.5 Å². The predicted octanol–water partition coefficient (Wildman–Crippen LogP) is 2.65. The highest BCUT2D eigenvalue weighted by Crippen LogP contribution is 2.14. The van der Waals surface area contributed by atoms with Crippen molar-refractivity contribution >= 4 is 29.8 Å². The topological polar surface area (TPSA) is 72.9 Å². The number of nitrogens with two attached hydrogens (primary N) is 1. The molecule has 20 heavy (non-hydrogen) atoms. The SMILES string of the molecule is CC(C)n1nccc1NC(=O)Cc1ccc(N)cc1.Cl. The lowest BCUT2D eigenvalue weighted by Crippen LogP contribution is -2.18. The van der Waals surface area contributed by atoms with Crippen molar-refractivity contribution in [3.05, 3.63) is 42.1 Å². The van der Waals surface area contributed by atoms with Crippen LogP contribution in [0.4, 0.5) is 11.5 Å². The molecule has 5 nitrogen and oxygen atoms in total. The van der Waals surface area contributed by atoms with Gasteiger partial charge >= 0.3 is 0 Å². The zero-order chi connectivity index (χ0) is 13.8. The lowest BCUT2D eigenvalue weighted by Gasteiger charge is -2.11. The zero-order valence-corrected chi connectivity index (χ0v) is 12.4. The van der Waals surface area contributed by atoms with Gasteiger partial charge in [-0.15, -0.1) is 12.4 Å². The Kier molecular flexibility index (Phi) is 5.58. The van der Waals surface area contributed by atoms with E-state index >= 15 is 0 Å². The van der Waals surface area contributed by atoms with Crippen molar-refractivity contribution < 1.29 is 4.79 Å². The first-order chi connectivity index (χ1) is 9.06. The van der Waals surface area contributed by atoms with Crippen LogP contribution in [-0.4, -0.2) is 15.7 Å². The highest BCUT2D eigenvalue weighted by molar-refractivity contribution is 5.91. The minimum atomic E-state index is -0.0628. The van der Waals surface area contributed by atoms with E-state index in [-0.39, 0.29) is 24.4 Å². The van der Waals surface area contributed by atoms with E-state index in [1.165, 1.54) is 0 Å². The molecule has 0 aliphatic heterocycles. The Hall–Kier alpha value is -2.01. The summed E-state index contributed by atoms with van der Waals surface area (Å²) in [5.41, 5.74) is 7.24. The van der Waals surface area contributed by atoms with Gasteiger partial charge in [0.2, 0.25) is 5.91 Å². The summed E-state index contributed by atoms with van der Waals surface area (Å²) in [7, 11) is 0. The van der Waals surface area contributed by atoms with Gasteiger partial charge in [-0.1, -0.05) is 12.1 Å². The molecule has 0 aliphatic rings. The lowest BCUT2D eigenvalue weighted by atomic mass is 10.1. The number of carbonyl (C=O) groups is 1. The maximum atomic E-state index is 12.0. The average Bonchev–Trinajstić information content (AvgIpc) is 2.80. The quantitative estimate of drug-likeness (QED) is 0.852. The number of nitrogens with zero attached hydrogens (tertiary/aromatic N) is 2. The molecule has 1 amide bonds. The van der Waals surface area contributed by atoms with E-state index < -0.39 is 0 Å². The number of carbonyl (C=O) groups excluding carboxylic acids is 1. The second-order valence-electron chi connectivity index (χ2n) is 4.72. The second-order valence-corrected chi connectivity index (χ2v) is 4.72. The van der Waals surface area contributed by atoms with Crippen LogP contribution in [0.2, 0.25) is 0 Å². The Morgan fingerprint density at radius 2 is 1.95 bits per heavy atom. The van der Waals surface area contributed by atoms with E-state index in [1.807, 2.05) is 26.0 Å². The van der Waals surface area contributed by atoms with Gasteiger partial charge < -0.3 is 11.1 Å². The Morgan fingerprint density at radius 3 is 2.55 bits per heavy atom. The third-order valence-corrected chi connectivity index (χ3v) is 2.77. The molecule has 2 rings (SSSR count). The van der Waals surface area contributed by atoms with Gasteiger partial charge in [0, 0.05) is 17.8 Å². The summed E-state index contributed by atoms with van der Waals surface area (Å²) in [6.07, 6.45) is 2.00. The molecule has 0 aliphatic carbocycles. The molecule has 0 fully saturated rings. The highest BCUT2D eigenvalue weighted by Gasteiger charge is 2.09. The van der Waals surface area contributed by atoms with E-state index in [0.717, 1.165) is 11.4 Å². The lowest BCUT2D eigenvalue weighted by molar-refractivity contribution is -0.115. The summed E-state index contributed by atoms with van der Waals surface area (Å²) in [4.78, 5) is 12.0. The number of hydrogen-bond donors (Lipinski definition) is 2. The second kappa shape index (κ2) is 6.96. The molecule has 1 aromatic carbocycles. The fraction of sp³-hybridized carbons (Fsp3) is 0.286. The first kappa shape index (κ1) is 16.0. The number of benzene rings is 1. The van der Waals surface area contributed by atoms with Crippen molar-refractivity contribution in [3.8, 4) is 0 Å². The Labute approximate surface area is 124 Å². The van der Waals surface area contributed by atoms with Crippen molar-refractivity contribution in [2.45, 2.75) is 26.3 Å². The maximum absolute atomic E-state index is 12.0. The molecular weight excluding hydrogens is 276 g/mol. The van der Waals surface area contributed by atoms with Gasteiger partial charge in [-0.3, -0.25) is 4.79 Å². The predicted molar refractivity (Wildman–Crippen MR) is 83.0 cm³/mol. The smallest absolute Gasteiger partial charge is 0.229 e. The average molecular weight is 295 g/mol. The molecule has 0 unspecified atom stereocenters. The van der Waals surface area contributed by atoms with Crippen LogP contribution in [0.5, 0.6) is 0 Å². The molecule has 0 saturated carbocycles. The van der Waals surface area contributed by atoms with Crippen molar-refractivity contribution in [2.24, 2.45) is 0 Å². The molecule has 108 valence electrons. The van der Waals surface area contributed by atoms with E-state index in [9.17, 15) is 4.79 Å². The van der Waals surface area contributed by atoms with Gasteiger partial charge in [0.15, 0.2) is 0 Å². The Bertz CT molecular complexity index is 563. The van der Waals surface area contributed by atoms with E-state index in [2.05, 4.69) is 10.4 Å². The van der Waals surface area contributed by atoms with Crippen LogP contribution in [0.3, 0.4) is 0 Å². The molecule has 1 aromatic heterocycles. The van der Waals surface area contributed by atoms with Crippen molar-refractivity contribution in [2.75, 3.05) is 11.1 Å². The molecule has 2 aromatic rings. The van der Waals surface area contributed by atoms with Gasteiger partial charge in [-0.05, 0) is 31.5 Å². The number of nitrogens with one attached hydrogen (secondary N) is 1. The van der Waals surface area contributed by atoms with Crippen LogP contribution in [-0.2, 0) is 11.2 Å². The van der Waals surface area contributed by atoms with E-state index in [4.69, 9.17) is 5.73 Å². The summed E-state index contributed by atoms with van der Waals surface area (Å²) < 4.78 is 1.78. The third-order valence-electron chi connectivity index (χ3n) is 2.77. The molecule has 6 heteroatoms. The number of halogens is 1. The monoisotopic (exact) mass is 294 g/mol. The first-order valence-corrected chi connectivity index (χ1v) is 6.24. The summed E-state index contributed by atoms with van der Waals surface area (Å²) >= 11 is 0. The summed E-state index contributed by atoms with van der Waals surface area (Å²) in [6.45, 7) is 4.03. The third kappa shape index (κ3) is 3.99. The molecule has 1 heterocycles. The standard InChI is InChI=1S/C14H18N4O.ClH/c1-10(2)18-13(7-8-16-18)17-14(19)9-11-3-5-12(15)6-4-11;/h3-8,10H,9,15H2,1-2H3,(H,17,19);1H. The summed E-state index contributed by atoms with van der Waals surface area (Å²) in [5, 5.41) is 7.04. The van der Waals surface area contributed by atoms with Gasteiger partial charge in [0.25, 0.3) is 0 Å². The molecule has 0 atom stereocenters. The fourth-order valence-electron chi connectivity index (χ4n) is 1.83.